The van der Waals surface area contributed by atoms with Crippen molar-refractivity contribution in [2.75, 3.05) is 32.6 Å². The predicted octanol–water partition coefficient (Wildman–Crippen LogP) is 2.82. The summed E-state index contributed by atoms with van der Waals surface area (Å²) in [4.78, 5) is 1.24. The van der Waals surface area contributed by atoms with Crippen molar-refractivity contribution in [1.29, 1.82) is 0 Å². The van der Waals surface area contributed by atoms with Crippen LogP contribution in [0.3, 0.4) is 0 Å². The highest BCUT2D eigenvalue weighted by molar-refractivity contribution is 7.98. The van der Waals surface area contributed by atoms with Crippen molar-refractivity contribution < 1.29 is 14.6 Å². The second-order valence-corrected chi connectivity index (χ2v) is 5.97. The Balaban J connectivity index is 1.81. The van der Waals surface area contributed by atoms with Crippen molar-refractivity contribution in [3.8, 4) is 11.5 Å². The third-order valence-electron chi connectivity index (χ3n) is 3.52. The van der Waals surface area contributed by atoms with Crippen LogP contribution in [-0.4, -0.2) is 37.7 Å². The number of aliphatic hydroxyl groups is 1. The van der Waals surface area contributed by atoms with Crippen molar-refractivity contribution in [3.63, 3.8) is 0 Å². The highest BCUT2D eigenvalue weighted by atomic mass is 32.2. The van der Waals surface area contributed by atoms with Crippen molar-refractivity contribution in [2.45, 2.75) is 37.1 Å². The lowest BCUT2D eigenvalue weighted by Gasteiger charge is -2.21. The van der Waals surface area contributed by atoms with Crippen LogP contribution in [0.5, 0.6) is 11.5 Å². The molecule has 5 heteroatoms. The molecule has 1 aromatic rings. The second kappa shape index (κ2) is 9.18. The zero-order valence-corrected chi connectivity index (χ0v) is 13.5. The summed E-state index contributed by atoms with van der Waals surface area (Å²) in [7, 11) is 0. The van der Waals surface area contributed by atoms with Crippen LogP contribution < -0.4 is 14.8 Å². The van der Waals surface area contributed by atoms with E-state index in [4.69, 9.17) is 14.6 Å². The number of rotatable bonds is 9. The Morgan fingerprint density at radius 2 is 1.81 bits per heavy atom. The third kappa shape index (κ3) is 5.09. The van der Waals surface area contributed by atoms with E-state index in [2.05, 4.69) is 23.7 Å². The molecule has 0 fully saturated rings. The van der Waals surface area contributed by atoms with Crippen LogP contribution in [0.4, 0.5) is 0 Å². The molecule has 118 valence electrons. The van der Waals surface area contributed by atoms with Gasteiger partial charge < -0.3 is 19.9 Å². The van der Waals surface area contributed by atoms with E-state index in [0.29, 0.717) is 19.8 Å². The zero-order chi connectivity index (χ0) is 14.9. The Kier molecular flexibility index (Phi) is 7.19. The van der Waals surface area contributed by atoms with Gasteiger partial charge in [0.05, 0.1) is 0 Å². The second-order valence-electron chi connectivity index (χ2n) is 5.12. The summed E-state index contributed by atoms with van der Waals surface area (Å²) < 4.78 is 11.3. The van der Waals surface area contributed by atoms with Crippen molar-refractivity contribution >= 4 is 11.8 Å². The van der Waals surface area contributed by atoms with Gasteiger partial charge >= 0.3 is 0 Å². The van der Waals surface area contributed by atoms with E-state index < -0.39 is 0 Å². The van der Waals surface area contributed by atoms with E-state index in [0.717, 1.165) is 43.9 Å². The van der Waals surface area contributed by atoms with Gasteiger partial charge in [-0.1, -0.05) is 12.8 Å². The molecule has 4 nitrogen and oxygen atoms in total. The number of hydrogen-bond donors (Lipinski definition) is 2. The summed E-state index contributed by atoms with van der Waals surface area (Å²) in [6.07, 6.45) is 6.43. The van der Waals surface area contributed by atoms with Gasteiger partial charge in [0.15, 0.2) is 11.5 Å². The fraction of sp³-hybridized carbons (Fsp3) is 0.625. The average molecular weight is 311 g/mol. The molecule has 0 aliphatic carbocycles. The summed E-state index contributed by atoms with van der Waals surface area (Å²) in [5.74, 6) is 1.72. The molecule has 0 aromatic heterocycles. The van der Waals surface area contributed by atoms with E-state index >= 15 is 0 Å². The Morgan fingerprint density at radius 1 is 1.10 bits per heavy atom. The third-order valence-corrected chi connectivity index (χ3v) is 4.34. The van der Waals surface area contributed by atoms with Crippen molar-refractivity contribution in [1.82, 2.24) is 5.32 Å². The van der Waals surface area contributed by atoms with Crippen LogP contribution in [-0.2, 0) is 6.54 Å². The Hall–Kier alpha value is -0.910. The van der Waals surface area contributed by atoms with Crippen LogP contribution >= 0.6 is 11.8 Å². The van der Waals surface area contributed by atoms with Crippen LogP contribution in [0.25, 0.3) is 0 Å². The quantitative estimate of drug-likeness (QED) is 0.542. The maximum absolute atomic E-state index is 8.73. The molecule has 0 saturated heterocycles. The predicted molar refractivity (Wildman–Crippen MR) is 86.5 cm³/mol. The van der Waals surface area contributed by atoms with Crippen LogP contribution in [0, 0.1) is 0 Å². The Labute approximate surface area is 131 Å². The van der Waals surface area contributed by atoms with Gasteiger partial charge in [-0.25, -0.2) is 0 Å². The maximum atomic E-state index is 8.73. The number of benzene rings is 1. The maximum Gasteiger partial charge on any atom is 0.162 e. The van der Waals surface area contributed by atoms with Crippen LogP contribution in [0.15, 0.2) is 17.0 Å². The van der Waals surface area contributed by atoms with E-state index in [1.165, 1.54) is 16.9 Å². The lowest BCUT2D eigenvalue weighted by Crippen LogP contribution is -2.18. The van der Waals surface area contributed by atoms with E-state index in [1.807, 2.05) is 0 Å². The zero-order valence-electron chi connectivity index (χ0n) is 12.7. The number of aliphatic hydroxyl groups excluding tert-OH is 1. The largest absolute Gasteiger partial charge is 0.486 e. The van der Waals surface area contributed by atoms with Crippen LogP contribution in [0.2, 0.25) is 0 Å². The molecule has 2 rings (SSSR count). The number of fused-ring (bicyclic) bond motifs is 1. The molecule has 0 unspecified atom stereocenters. The molecule has 0 spiro atoms. The molecule has 0 saturated carbocycles. The molecule has 2 N–H and O–H groups in total. The van der Waals surface area contributed by atoms with E-state index in [-0.39, 0.29) is 0 Å². The summed E-state index contributed by atoms with van der Waals surface area (Å²) in [6, 6.07) is 4.18. The lowest BCUT2D eigenvalue weighted by atomic mass is 10.1. The van der Waals surface area contributed by atoms with Gasteiger partial charge in [-0.15, -0.1) is 11.8 Å². The summed E-state index contributed by atoms with van der Waals surface area (Å²) in [6.45, 7) is 3.43. The number of unbranched alkanes of at least 4 members (excludes halogenated alkanes) is 3. The standard InChI is InChI=1S/C16H25NO3S/c1-21-16-11-15-14(19-8-9-20-15)10-13(16)12-17-6-4-2-3-5-7-18/h10-11,17-18H,2-9,12H2,1H3. The molecule has 21 heavy (non-hydrogen) atoms. The molecule has 0 amide bonds. The topological polar surface area (TPSA) is 50.7 Å². The number of hydrogen-bond acceptors (Lipinski definition) is 5. The fourth-order valence-electron chi connectivity index (χ4n) is 2.38. The minimum absolute atomic E-state index is 0.307. The summed E-state index contributed by atoms with van der Waals surface area (Å²) >= 11 is 1.74. The molecule has 0 radical (unpaired) electrons. The molecule has 0 bridgehead atoms. The first-order valence-electron chi connectivity index (χ1n) is 7.63. The summed E-state index contributed by atoms with van der Waals surface area (Å²) in [5, 5.41) is 12.2. The lowest BCUT2D eigenvalue weighted by molar-refractivity contribution is 0.171. The highest BCUT2D eigenvalue weighted by Crippen LogP contribution is 2.36. The van der Waals surface area contributed by atoms with Gasteiger partial charge in [-0.2, -0.15) is 0 Å². The summed E-state index contributed by atoms with van der Waals surface area (Å²) in [5.41, 5.74) is 1.27. The normalized spacial score (nSPS) is 13.4. The fourth-order valence-corrected chi connectivity index (χ4v) is 3.00. The molecule has 1 aromatic carbocycles. The number of nitrogens with one attached hydrogen (secondary N) is 1. The molecule has 1 heterocycles. The monoisotopic (exact) mass is 311 g/mol. The Morgan fingerprint density at radius 3 is 2.52 bits per heavy atom. The van der Waals surface area contributed by atoms with Crippen LogP contribution in [0.1, 0.15) is 31.2 Å². The minimum Gasteiger partial charge on any atom is -0.486 e. The van der Waals surface area contributed by atoms with Gasteiger partial charge in [0.25, 0.3) is 0 Å². The molecule has 1 aliphatic heterocycles. The first-order chi connectivity index (χ1) is 10.3. The highest BCUT2D eigenvalue weighted by Gasteiger charge is 2.15. The van der Waals surface area contributed by atoms with Gasteiger partial charge in [0.2, 0.25) is 0 Å². The molecular weight excluding hydrogens is 286 g/mol. The minimum atomic E-state index is 0.307. The van der Waals surface area contributed by atoms with Gasteiger partial charge in [-0.05, 0) is 43.3 Å². The molecular formula is C16H25NO3S. The smallest absolute Gasteiger partial charge is 0.162 e. The molecule has 0 atom stereocenters. The first kappa shape index (κ1) is 16.5. The SMILES string of the molecule is CSc1cc2c(cc1CNCCCCCCO)OCCO2. The Bertz CT molecular complexity index is 440. The van der Waals surface area contributed by atoms with E-state index in [1.54, 1.807) is 11.8 Å². The van der Waals surface area contributed by atoms with Gasteiger partial charge in [0, 0.05) is 18.0 Å². The number of ether oxygens (including phenoxy) is 2. The van der Waals surface area contributed by atoms with E-state index in [9.17, 15) is 0 Å². The van der Waals surface area contributed by atoms with Crippen molar-refractivity contribution in [3.05, 3.63) is 17.7 Å². The number of thioether (sulfide) groups is 1. The first-order valence-corrected chi connectivity index (χ1v) is 8.85. The average Bonchev–Trinajstić information content (AvgIpc) is 2.53. The van der Waals surface area contributed by atoms with Gasteiger partial charge in [0.1, 0.15) is 13.2 Å². The van der Waals surface area contributed by atoms with Crippen molar-refractivity contribution in [2.24, 2.45) is 0 Å². The molecule has 1 aliphatic rings. The van der Waals surface area contributed by atoms with Gasteiger partial charge in [-0.3, -0.25) is 0 Å².